The van der Waals surface area contributed by atoms with Crippen molar-refractivity contribution in [2.45, 2.75) is 19.3 Å². The number of benzene rings is 7. The number of nitrogens with zero attached hydrogens (tertiary/aromatic N) is 3. The summed E-state index contributed by atoms with van der Waals surface area (Å²) in [5, 5.41) is 2.61. The predicted molar refractivity (Wildman–Crippen MR) is 217 cm³/mol. The molecule has 0 atom stereocenters. The van der Waals surface area contributed by atoms with Crippen LogP contribution in [-0.4, -0.2) is 15.0 Å². The Morgan fingerprint density at radius 1 is 0.385 bits per heavy atom. The fourth-order valence-corrected chi connectivity index (χ4v) is 9.07. The van der Waals surface area contributed by atoms with Crippen LogP contribution in [0.25, 0.3) is 87.7 Å². The molecule has 2 aromatic heterocycles. The van der Waals surface area contributed by atoms with Gasteiger partial charge in [0, 0.05) is 42.3 Å². The second-order valence-corrected chi connectivity index (χ2v) is 15.1. The lowest BCUT2D eigenvalue weighted by Gasteiger charge is -2.21. The second kappa shape index (κ2) is 11.9. The van der Waals surface area contributed by atoms with Gasteiger partial charge in [0.05, 0.1) is 0 Å². The van der Waals surface area contributed by atoms with E-state index in [1.165, 1.54) is 59.1 Å². The Balaban J connectivity index is 1.08. The summed E-state index contributed by atoms with van der Waals surface area (Å²) in [4.78, 5) is 15.3. The summed E-state index contributed by atoms with van der Waals surface area (Å²) in [6, 6.07) is 58.4. The molecule has 9 aromatic rings. The summed E-state index contributed by atoms with van der Waals surface area (Å²) in [5.41, 5.74) is 12.8. The van der Waals surface area contributed by atoms with Crippen molar-refractivity contribution >= 4 is 31.5 Å². The van der Waals surface area contributed by atoms with Crippen LogP contribution in [0.15, 0.2) is 164 Å². The fourth-order valence-electron chi connectivity index (χ4n) is 7.90. The van der Waals surface area contributed by atoms with Gasteiger partial charge in [0.2, 0.25) is 0 Å². The van der Waals surface area contributed by atoms with Crippen molar-refractivity contribution < 1.29 is 0 Å². The maximum Gasteiger partial charge on any atom is 0.164 e. The topological polar surface area (TPSA) is 38.7 Å². The van der Waals surface area contributed by atoms with Crippen molar-refractivity contribution in [2.75, 3.05) is 0 Å². The molecule has 246 valence electrons. The Morgan fingerprint density at radius 3 is 1.73 bits per heavy atom. The minimum absolute atomic E-state index is 0.118. The summed E-state index contributed by atoms with van der Waals surface area (Å²) in [7, 11) is 0. The van der Waals surface area contributed by atoms with Crippen molar-refractivity contribution in [1.82, 2.24) is 15.0 Å². The maximum atomic E-state index is 5.15. The Bertz CT molecular complexity index is 2820. The number of thiophene rings is 1. The number of fused-ring (bicyclic) bond motifs is 6. The zero-order chi connectivity index (χ0) is 34.8. The third kappa shape index (κ3) is 4.98. The average Bonchev–Trinajstić information content (AvgIpc) is 3.70. The van der Waals surface area contributed by atoms with Gasteiger partial charge in [-0.2, -0.15) is 0 Å². The normalized spacial score (nSPS) is 13.0. The average molecular weight is 684 g/mol. The highest BCUT2D eigenvalue weighted by molar-refractivity contribution is 7.26. The largest absolute Gasteiger partial charge is 0.208 e. The summed E-state index contributed by atoms with van der Waals surface area (Å²) in [6.45, 7) is 4.61. The first-order chi connectivity index (χ1) is 25.5. The van der Waals surface area contributed by atoms with E-state index >= 15 is 0 Å². The van der Waals surface area contributed by atoms with E-state index in [1.807, 2.05) is 29.5 Å². The van der Waals surface area contributed by atoms with Crippen LogP contribution in [0.4, 0.5) is 0 Å². The van der Waals surface area contributed by atoms with Gasteiger partial charge in [0.25, 0.3) is 0 Å². The van der Waals surface area contributed by atoms with E-state index in [4.69, 9.17) is 15.0 Å². The molecule has 2 heterocycles. The van der Waals surface area contributed by atoms with Crippen LogP contribution in [0.1, 0.15) is 25.0 Å². The molecule has 1 aliphatic rings. The van der Waals surface area contributed by atoms with Gasteiger partial charge >= 0.3 is 0 Å². The lowest BCUT2D eigenvalue weighted by atomic mass is 9.82. The number of aromatic nitrogens is 3. The molecule has 52 heavy (non-hydrogen) atoms. The molecule has 0 aliphatic heterocycles. The molecule has 0 saturated carbocycles. The van der Waals surface area contributed by atoms with Gasteiger partial charge in [0.15, 0.2) is 17.5 Å². The first kappa shape index (κ1) is 30.6. The van der Waals surface area contributed by atoms with Crippen LogP contribution < -0.4 is 0 Å². The minimum Gasteiger partial charge on any atom is -0.208 e. The molecule has 0 fully saturated rings. The van der Waals surface area contributed by atoms with E-state index in [-0.39, 0.29) is 5.41 Å². The van der Waals surface area contributed by atoms with E-state index in [0.717, 1.165) is 22.3 Å². The molecule has 0 saturated heterocycles. The molecule has 4 heteroatoms. The standard InChI is InChI=1S/C48H33N3S/c1-48(2)40-21-10-9-19-37(40)38-25-24-35(28-41(38)48)47-50-45(31-15-7-4-8-16-31)49-46(51-47)34-18-11-17-32(27-34)33-23-26-39-43(29-33)52-42-22-12-20-36(44(39)42)30-13-5-3-6-14-30/h3-29H,1-2H3. The predicted octanol–water partition coefficient (Wildman–Crippen LogP) is 12.9. The Morgan fingerprint density at radius 2 is 0.942 bits per heavy atom. The molecular formula is C48H33N3S. The van der Waals surface area contributed by atoms with Gasteiger partial charge in [0.1, 0.15) is 0 Å². The molecule has 1 aliphatic carbocycles. The van der Waals surface area contributed by atoms with E-state index in [2.05, 4.69) is 159 Å². The second-order valence-electron chi connectivity index (χ2n) is 14.0. The molecule has 0 bridgehead atoms. The Hall–Kier alpha value is -6.23. The molecule has 0 radical (unpaired) electrons. The van der Waals surface area contributed by atoms with Gasteiger partial charge in [-0.1, -0.05) is 153 Å². The highest BCUT2D eigenvalue weighted by Crippen LogP contribution is 2.49. The third-order valence-electron chi connectivity index (χ3n) is 10.5. The van der Waals surface area contributed by atoms with E-state index in [1.54, 1.807) is 0 Å². The maximum absolute atomic E-state index is 5.15. The summed E-state index contributed by atoms with van der Waals surface area (Å²) in [5.74, 6) is 1.99. The summed E-state index contributed by atoms with van der Waals surface area (Å²) >= 11 is 1.85. The Kier molecular flexibility index (Phi) is 7.02. The van der Waals surface area contributed by atoms with Crippen LogP contribution in [0.5, 0.6) is 0 Å². The lowest BCUT2D eigenvalue weighted by molar-refractivity contribution is 0.660. The van der Waals surface area contributed by atoms with Crippen LogP contribution in [0, 0.1) is 0 Å². The molecule has 10 rings (SSSR count). The quantitative estimate of drug-likeness (QED) is 0.181. The van der Waals surface area contributed by atoms with Crippen molar-refractivity contribution in [3.8, 4) is 67.5 Å². The highest BCUT2D eigenvalue weighted by atomic mass is 32.1. The third-order valence-corrected chi connectivity index (χ3v) is 11.7. The van der Waals surface area contributed by atoms with Gasteiger partial charge in [-0.25, -0.2) is 15.0 Å². The molecule has 0 N–H and O–H groups in total. The van der Waals surface area contributed by atoms with Crippen molar-refractivity contribution in [3.63, 3.8) is 0 Å². The number of hydrogen-bond acceptors (Lipinski definition) is 4. The zero-order valence-corrected chi connectivity index (χ0v) is 29.7. The molecule has 0 spiro atoms. The zero-order valence-electron chi connectivity index (χ0n) is 28.8. The number of rotatable bonds is 5. The van der Waals surface area contributed by atoms with E-state index in [9.17, 15) is 0 Å². The van der Waals surface area contributed by atoms with Crippen molar-refractivity contribution in [2.24, 2.45) is 0 Å². The summed E-state index contributed by atoms with van der Waals surface area (Å²) in [6.07, 6.45) is 0. The SMILES string of the molecule is CC1(C)c2ccccc2-c2ccc(-c3nc(-c4ccccc4)nc(-c4cccc(-c5ccc6c(c5)sc5cccc(-c7ccccc7)c56)c4)n3)cc21. The van der Waals surface area contributed by atoms with Crippen LogP contribution in [-0.2, 0) is 5.41 Å². The van der Waals surface area contributed by atoms with Gasteiger partial charge in [-0.15, -0.1) is 11.3 Å². The minimum atomic E-state index is -0.118. The fraction of sp³-hybridized carbons (Fsp3) is 0.0625. The van der Waals surface area contributed by atoms with Crippen LogP contribution in [0.2, 0.25) is 0 Å². The lowest BCUT2D eigenvalue weighted by Crippen LogP contribution is -2.15. The first-order valence-electron chi connectivity index (χ1n) is 17.7. The smallest absolute Gasteiger partial charge is 0.164 e. The molecular weight excluding hydrogens is 651 g/mol. The van der Waals surface area contributed by atoms with Crippen molar-refractivity contribution in [1.29, 1.82) is 0 Å². The molecule has 7 aromatic carbocycles. The Labute approximate surface area is 307 Å². The van der Waals surface area contributed by atoms with Crippen LogP contribution in [0.3, 0.4) is 0 Å². The van der Waals surface area contributed by atoms with E-state index < -0.39 is 0 Å². The van der Waals surface area contributed by atoms with Crippen LogP contribution >= 0.6 is 11.3 Å². The van der Waals surface area contributed by atoms with Gasteiger partial charge in [-0.05, 0) is 68.8 Å². The highest BCUT2D eigenvalue weighted by Gasteiger charge is 2.35. The van der Waals surface area contributed by atoms with E-state index in [0.29, 0.717) is 17.5 Å². The molecule has 3 nitrogen and oxygen atoms in total. The molecule has 0 amide bonds. The van der Waals surface area contributed by atoms with Gasteiger partial charge in [-0.3, -0.25) is 0 Å². The number of hydrogen-bond donors (Lipinski definition) is 0. The monoisotopic (exact) mass is 683 g/mol. The molecule has 0 unspecified atom stereocenters. The summed E-state index contributed by atoms with van der Waals surface area (Å²) < 4.78 is 2.57. The van der Waals surface area contributed by atoms with Crippen molar-refractivity contribution in [3.05, 3.63) is 175 Å². The first-order valence-corrected chi connectivity index (χ1v) is 18.5. The van der Waals surface area contributed by atoms with Gasteiger partial charge < -0.3 is 0 Å².